The number of ether oxygens (including phenoxy) is 2. The van der Waals surface area contributed by atoms with Crippen LogP contribution in [0.5, 0.6) is 11.5 Å². The minimum atomic E-state index is -0.487. The molecule has 6 nitrogen and oxygen atoms in total. The topological polar surface area (TPSA) is 80.4 Å². The Balaban J connectivity index is 1.93. The molecule has 0 saturated carbocycles. The van der Waals surface area contributed by atoms with Crippen LogP contribution < -0.4 is 20.3 Å². The predicted molar refractivity (Wildman–Crippen MR) is 86.4 cm³/mol. The lowest BCUT2D eigenvalue weighted by Gasteiger charge is -2.13. The highest BCUT2D eigenvalue weighted by Crippen LogP contribution is 2.38. The Morgan fingerprint density at radius 2 is 2.30 bits per heavy atom. The lowest BCUT2D eigenvalue weighted by Crippen LogP contribution is -2.22. The van der Waals surface area contributed by atoms with E-state index in [0.717, 1.165) is 17.7 Å². The fourth-order valence-corrected chi connectivity index (χ4v) is 2.60. The fourth-order valence-electron chi connectivity index (χ4n) is 2.60. The third kappa shape index (κ3) is 3.06. The van der Waals surface area contributed by atoms with Gasteiger partial charge in [0.1, 0.15) is 23.2 Å². The van der Waals surface area contributed by atoms with E-state index in [1.807, 2.05) is 19.9 Å². The smallest absolute Gasteiger partial charge is 0.261 e. The van der Waals surface area contributed by atoms with Gasteiger partial charge in [-0.15, -0.1) is 0 Å². The molecular weight excluding hydrogens is 296 g/mol. The quantitative estimate of drug-likeness (QED) is 0.908. The van der Waals surface area contributed by atoms with Gasteiger partial charge in [-0.05, 0) is 32.0 Å². The van der Waals surface area contributed by atoms with E-state index in [-0.39, 0.29) is 11.7 Å². The van der Waals surface area contributed by atoms with Crippen molar-refractivity contribution in [1.29, 1.82) is 0 Å². The van der Waals surface area contributed by atoms with Gasteiger partial charge in [-0.2, -0.15) is 0 Å². The number of carbonyl (C=O) groups is 1. The third-order valence-corrected chi connectivity index (χ3v) is 3.61. The molecule has 1 aromatic heterocycles. The Hall–Kier alpha value is -2.76. The summed E-state index contributed by atoms with van der Waals surface area (Å²) in [5.74, 6) is 0.821. The first-order valence-electron chi connectivity index (χ1n) is 7.54. The molecule has 2 aromatic rings. The molecule has 2 N–H and O–H groups in total. The molecule has 3 rings (SSSR count). The Labute approximate surface area is 133 Å². The van der Waals surface area contributed by atoms with Crippen LogP contribution in [-0.2, 0) is 6.42 Å². The highest BCUT2D eigenvalue weighted by Gasteiger charge is 2.23. The summed E-state index contributed by atoms with van der Waals surface area (Å²) < 4.78 is 11.3. The number of nitrogens with one attached hydrogen (secondary N) is 2. The van der Waals surface area contributed by atoms with Crippen LogP contribution >= 0.6 is 0 Å². The van der Waals surface area contributed by atoms with Gasteiger partial charge in [-0.3, -0.25) is 9.59 Å². The molecule has 0 fully saturated rings. The third-order valence-electron chi connectivity index (χ3n) is 3.61. The Kier molecular flexibility index (Phi) is 4.06. The number of hydrogen-bond donors (Lipinski definition) is 2. The second-order valence-corrected chi connectivity index (χ2v) is 5.39. The molecule has 6 heteroatoms. The number of pyridine rings is 1. The molecule has 1 unspecified atom stereocenters. The monoisotopic (exact) mass is 314 g/mol. The Morgan fingerprint density at radius 1 is 1.48 bits per heavy atom. The summed E-state index contributed by atoms with van der Waals surface area (Å²) >= 11 is 0. The van der Waals surface area contributed by atoms with Crippen molar-refractivity contribution < 1.29 is 14.3 Å². The number of hydrogen-bond acceptors (Lipinski definition) is 4. The standard InChI is InChI=1S/C17H18N2O4/c1-3-22-15-8-11-7-10(2)23-14(11)9-13(15)19-17(21)12-5-4-6-18-16(12)20/h4-6,8-10H,3,7H2,1-2H3,(H,18,20)(H,19,21). The zero-order chi connectivity index (χ0) is 16.4. The van der Waals surface area contributed by atoms with Crippen molar-refractivity contribution in [3.8, 4) is 11.5 Å². The maximum Gasteiger partial charge on any atom is 0.261 e. The molecule has 1 aliphatic heterocycles. The number of carbonyl (C=O) groups excluding carboxylic acids is 1. The molecule has 0 saturated heterocycles. The summed E-state index contributed by atoms with van der Waals surface area (Å²) in [6.45, 7) is 4.34. The minimum absolute atomic E-state index is 0.0460. The zero-order valence-electron chi connectivity index (χ0n) is 13.0. The van der Waals surface area contributed by atoms with Crippen LogP contribution in [0.4, 0.5) is 5.69 Å². The van der Waals surface area contributed by atoms with Crippen LogP contribution in [0.3, 0.4) is 0 Å². The van der Waals surface area contributed by atoms with Crippen molar-refractivity contribution in [2.75, 3.05) is 11.9 Å². The predicted octanol–water partition coefficient (Wildman–Crippen LogP) is 2.35. The van der Waals surface area contributed by atoms with Gasteiger partial charge in [0.25, 0.3) is 11.5 Å². The molecule has 0 spiro atoms. The molecule has 0 bridgehead atoms. The molecule has 1 atom stereocenters. The van der Waals surface area contributed by atoms with Crippen LogP contribution in [0, 0.1) is 0 Å². The molecule has 1 aliphatic rings. The first kappa shape index (κ1) is 15.1. The van der Waals surface area contributed by atoms with Crippen LogP contribution in [0.15, 0.2) is 35.3 Å². The molecule has 0 aliphatic carbocycles. The number of H-pyrrole nitrogens is 1. The first-order chi connectivity index (χ1) is 11.1. The second-order valence-electron chi connectivity index (χ2n) is 5.39. The average molecular weight is 314 g/mol. The molecule has 23 heavy (non-hydrogen) atoms. The fraction of sp³-hybridized carbons (Fsp3) is 0.294. The van der Waals surface area contributed by atoms with Crippen molar-refractivity contribution in [2.24, 2.45) is 0 Å². The van der Waals surface area contributed by atoms with Crippen LogP contribution in [0.1, 0.15) is 29.8 Å². The minimum Gasteiger partial charge on any atom is -0.492 e. The molecule has 0 radical (unpaired) electrons. The van der Waals surface area contributed by atoms with E-state index < -0.39 is 11.5 Å². The van der Waals surface area contributed by atoms with Crippen molar-refractivity contribution in [3.63, 3.8) is 0 Å². The van der Waals surface area contributed by atoms with Gasteiger partial charge in [0.05, 0.1) is 12.3 Å². The van der Waals surface area contributed by atoms with Crippen molar-refractivity contribution in [3.05, 3.63) is 51.9 Å². The van der Waals surface area contributed by atoms with Crippen LogP contribution in [-0.4, -0.2) is 23.6 Å². The number of aromatic nitrogens is 1. The summed E-state index contributed by atoms with van der Waals surface area (Å²) in [6.07, 6.45) is 2.39. The summed E-state index contributed by atoms with van der Waals surface area (Å²) in [5.41, 5.74) is 1.16. The second kappa shape index (κ2) is 6.16. The van der Waals surface area contributed by atoms with Gasteiger partial charge < -0.3 is 19.8 Å². The highest BCUT2D eigenvalue weighted by atomic mass is 16.5. The molecule has 120 valence electrons. The largest absolute Gasteiger partial charge is 0.492 e. The van der Waals surface area contributed by atoms with Gasteiger partial charge in [0.2, 0.25) is 0 Å². The number of anilines is 1. The van der Waals surface area contributed by atoms with E-state index in [1.54, 1.807) is 12.1 Å². The summed E-state index contributed by atoms with van der Waals surface area (Å²) in [5, 5.41) is 2.73. The van der Waals surface area contributed by atoms with Crippen molar-refractivity contribution >= 4 is 11.6 Å². The lowest BCUT2D eigenvalue weighted by molar-refractivity contribution is 0.102. The van der Waals surface area contributed by atoms with Gasteiger partial charge in [0, 0.05) is 24.2 Å². The summed E-state index contributed by atoms with van der Waals surface area (Å²) in [6, 6.07) is 6.71. The van der Waals surface area contributed by atoms with E-state index in [9.17, 15) is 9.59 Å². The molecular formula is C17H18N2O4. The maximum absolute atomic E-state index is 12.3. The van der Waals surface area contributed by atoms with E-state index in [4.69, 9.17) is 9.47 Å². The highest BCUT2D eigenvalue weighted by molar-refractivity contribution is 6.04. The average Bonchev–Trinajstić information content (AvgIpc) is 2.87. The van der Waals surface area contributed by atoms with Crippen molar-refractivity contribution in [1.82, 2.24) is 4.98 Å². The van der Waals surface area contributed by atoms with Crippen LogP contribution in [0.25, 0.3) is 0 Å². The Morgan fingerprint density at radius 3 is 3.04 bits per heavy atom. The lowest BCUT2D eigenvalue weighted by atomic mass is 10.1. The number of rotatable bonds is 4. The maximum atomic E-state index is 12.3. The SMILES string of the molecule is CCOc1cc2c(cc1NC(=O)c1ccc[nH]c1=O)OC(C)C2. The van der Waals surface area contributed by atoms with Gasteiger partial charge in [-0.1, -0.05) is 0 Å². The van der Waals surface area contributed by atoms with Gasteiger partial charge >= 0.3 is 0 Å². The van der Waals surface area contributed by atoms with Gasteiger partial charge in [0.15, 0.2) is 0 Å². The number of fused-ring (bicyclic) bond motifs is 1. The van der Waals surface area contributed by atoms with E-state index in [1.165, 1.54) is 12.3 Å². The van der Waals surface area contributed by atoms with E-state index >= 15 is 0 Å². The summed E-state index contributed by atoms with van der Waals surface area (Å²) in [4.78, 5) is 26.5. The van der Waals surface area contributed by atoms with Gasteiger partial charge in [-0.25, -0.2) is 0 Å². The molecule has 1 amide bonds. The molecule has 1 aromatic carbocycles. The number of amides is 1. The number of aromatic amines is 1. The van der Waals surface area contributed by atoms with E-state index in [0.29, 0.717) is 18.0 Å². The first-order valence-corrected chi connectivity index (χ1v) is 7.54. The Bertz CT molecular complexity index is 797. The van der Waals surface area contributed by atoms with Crippen LogP contribution in [0.2, 0.25) is 0 Å². The number of benzene rings is 1. The normalized spacial score (nSPS) is 15.7. The zero-order valence-corrected chi connectivity index (χ0v) is 13.0. The van der Waals surface area contributed by atoms with E-state index in [2.05, 4.69) is 10.3 Å². The summed E-state index contributed by atoms with van der Waals surface area (Å²) in [7, 11) is 0. The van der Waals surface area contributed by atoms with Crippen molar-refractivity contribution in [2.45, 2.75) is 26.4 Å². The molecule has 2 heterocycles.